The van der Waals surface area contributed by atoms with Gasteiger partial charge in [-0.05, 0) is 55.1 Å². The summed E-state index contributed by atoms with van der Waals surface area (Å²) in [6.45, 7) is 1.35. The van der Waals surface area contributed by atoms with E-state index < -0.39 is 0 Å². The van der Waals surface area contributed by atoms with Gasteiger partial charge in [0.05, 0.1) is 6.61 Å². The van der Waals surface area contributed by atoms with Crippen molar-refractivity contribution in [1.29, 1.82) is 0 Å². The van der Waals surface area contributed by atoms with Crippen molar-refractivity contribution in [2.75, 3.05) is 13.2 Å². The van der Waals surface area contributed by atoms with Gasteiger partial charge in [0.1, 0.15) is 5.75 Å². The standard InChI is InChI=1S/C17H19Br2NO/c18-15-5-3-6-16(11-15)21-9-8-13(12-20)10-14-4-1-2-7-17(14)19/h1-7,11,13H,8-10,12,20H2. The number of nitrogens with two attached hydrogens (primary N) is 1. The number of rotatable bonds is 7. The summed E-state index contributed by atoms with van der Waals surface area (Å²) in [4.78, 5) is 0. The minimum absolute atomic E-state index is 0.427. The molecule has 0 amide bonds. The molecule has 2 nitrogen and oxygen atoms in total. The Hall–Kier alpha value is -0.840. The average molecular weight is 413 g/mol. The molecule has 2 N–H and O–H groups in total. The van der Waals surface area contributed by atoms with Crippen molar-refractivity contribution in [1.82, 2.24) is 0 Å². The van der Waals surface area contributed by atoms with Gasteiger partial charge in [0, 0.05) is 8.95 Å². The van der Waals surface area contributed by atoms with Crippen LogP contribution in [-0.4, -0.2) is 13.2 Å². The fourth-order valence-electron chi connectivity index (χ4n) is 2.18. The van der Waals surface area contributed by atoms with Gasteiger partial charge in [-0.1, -0.05) is 56.1 Å². The third kappa shape index (κ3) is 5.46. The van der Waals surface area contributed by atoms with Gasteiger partial charge in [-0.25, -0.2) is 0 Å². The summed E-state index contributed by atoms with van der Waals surface area (Å²) in [5, 5.41) is 0. The fraction of sp³-hybridized carbons (Fsp3) is 0.294. The second-order valence-corrected chi connectivity index (χ2v) is 6.76. The number of ether oxygens (including phenoxy) is 1. The summed E-state index contributed by atoms with van der Waals surface area (Å²) in [5.41, 5.74) is 7.20. The summed E-state index contributed by atoms with van der Waals surface area (Å²) in [6, 6.07) is 16.2. The molecule has 0 saturated heterocycles. The molecule has 0 radical (unpaired) electrons. The van der Waals surface area contributed by atoms with Gasteiger partial charge < -0.3 is 10.5 Å². The lowest BCUT2D eigenvalue weighted by molar-refractivity contribution is 0.278. The highest BCUT2D eigenvalue weighted by Crippen LogP contribution is 2.22. The van der Waals surface area contributed by atoms with Crippen LogP contribution in [0.25, 0.3) is 0 Å². The molecule has 1 atom stereocenters. The zero-order chi connectivity index (χ0) is 15.1. The van der Waals surface area contributed by atoms with E-state index in [2.05, 4.69) is 50.1 Å². The molecule has 0 spiro atoms. The Morgan fingerprint density at radius 2 is 1.86 bits per heavy atom. The summed E-state index contributed by atoms with van der Waals surface area (Å²) in [5.74, 6) is 1.32. The normalized spacial score (nSPS) is 12.1. The largest absolute Gasteiger partial charge is 0.494 e. The molecule has 2 aromatic carbocycles. The molecule has 0 bridgehead atoms. The first-order chi connectivity index (χ1) is 10.2. The summed E-state index contributed by atoms with van der Waals surface area (Å²) in [6.07, 6.45) is 1.92. The van der Waals surface area contributed by atoms with Crippen molar-refractivity contribution in [2.24, 2.45) is 11.7 Å². The molecule has 0 aliphatic carbocycles. The number of hydrogen-bond donors (Lipinski definition) is 1. The molecule has 2 aromatic rings. The molecule has 0 aliphatic rings. The summed E-state index contributed by atoms with van der Waals surface area (Å²) >= 11 is 7.03. The smallest absolute Gasteiger partial charge is 0.120 e. The van der Waals surface area contributed by atoms with Gasteiger partial charge in [-0.2, -0.15) is 0 Å². The average Bonchev–Trinajstić information content (AvgIpc) is 2.48. The van der Waals surface area contributed by atoms with E-state index >= 15 is 0 Å². The van der Waals surface area contributed by atoms with Crippen LogP contribution in [-0.2, 0) is 6.42 Å². The molecule has 1 unspecified atom stereocenters. The van der Waals surface area contributed by atoms with Gasteiger partial charge in [-0.3, -0.25) is 0 Å². The lowest BCUT2D eigenvalue weighted by Crippen LogP contribution is -2.19. The first-order valence-electron chi connectivity index (χ1n) is 7.01. The maximum Gasteiger partial charge on any atom is 0.120 e. The van der Waals surface area contributed by atoms with Crippen LogP contribution in [0.4, 0.5) is 0 Å². The van der Waals surface area contributed by atoms with Gasteiger partial charge in [0.2, 0.25) is 0 Å². The highest BCUT2D eigenvalue weighted by molar-refractivity contribution is 9.10. The van der Waals surface area contributed by atoms with E-state index in [1.807, 2.05) is 30.3 Å². The van der Waals surface area contributed by atoms with E-state index in [9.17, 15) is 0 Å². The van der Waals surface area contributed by atoms with Gasteiger partial charge >= 0.3 is 0 Å². The van der Waals surface area contributed by atoms with Crippen molar-refractivity contribution < 1.29 is 4.74 Å². The zero-order valence-corrected chi connectivity index (χ0v) is 14.9. The monoisotopic (exact) mass is 411 g/mol. The van der Waals surface area contributed by atoms with Crippen molar-refractivity contribution in [2.45, 2.75) is 12.8 Å². The van der Waals surface area contributed by atoms with Crippen LogP contribution in [0.5, 0.6) is 5.75 Å². The van der Waals surface area contributed by atoms with E-state index in [-0.39, 0.29) is 0 Å². The Morgan fingerprint density at radius 3 is 2.57 bits per heavy atom. The molecule has 0 aliphatic heterocycles. The molecule has 0 fully saturated rings. The molecule has 21 heavy (non-hydrogen) atoms. The van der Waals surface area contributed by atoms with Crippen LogP contribution in [0, 0.1) is 5.92 Å². The minimum Gasteiger partial charge on any atom is -0.494 e. The maximum atomic E-state index is 5.90. The van der Waals surface area contributed by atoms with Crippen molar-refractivity contribution in [3.8, 4) is 5.75 Å². The van der Waals surface area contributed by atoms with Crippen LogP contribution >= 0.6 is 31.9 Å². The highest BCUT2D eigenvalue weighted by Gasteiger charge is 2.10. The second-order valence-electron chi connectivity index (χ2n) is 4.99. The second kappa shape index (κ2) is 8.57. The molecule has 2 rings (SSSR count). The predicted molar refractivity (Wildman–Crippen MR) is 94.6 cm³/mol. The van der Waals surface area contributed by atoms with Crippen molar-refractivity contribution in [3.05, 3.63) is 63.0 Å². The van der Waals surface area contributed by atoms with E-state index in [0.717, 1.165) is 27.5 Å². The van der Waals surface area contributed by atoms with Gasteiger partial charge in [0.25, 0.3) is 0 Å². The van der Waals surface area contributed by atoms with E-state index in [0.29, 0.717) is 19.1 Å². The van der Waals surface area contributed by atoms with Crippen LogP contribution in [0.1, 0.15) is 12.0 Å². The number of hydrogen-bond acceptors (Lipinski definition) is 2. The third-order valence-electron chi connectivity index (χ3n) is 3.39. The summed E-state index contributed by atoms with van der Waals surface area (Å²) in [7, 11) is 0. The van der Waals surface area contributed by atoms with Crippen molar-refractivity contribution in [3.63, 3.8) is 0 Å². The van der Waals surface area contributed by atoms with E-state index in [1.54, 1.807) is 0 Å². The molecule has 0 saturated carbocycles. The maximum absolute atomic E-state index is 5.90. The van der Waals surface area contributed by atoms with Crippen LogP contribution in [0.2, 0.25) is 0 Å². The first kappa shape index (κ1) is 16.5. The Balaban J connectivity index is 1.84. The molecular weight excluding hydrogens is 394 g/mol. The Kier molecular flexibility index (Phi) is 6.74. The van der Waals surface area contributed by atoms with Gasteiger partial charge in [0.15, 0.2) is 0 Å². The van der Waals surface area contributed by atoms with Gasteiger partial charge in [-0.15, -0.1) is 0 Å². The Labute approximate surface area is 143 Å². The molecule has 0 heterocycles. The lowest BCUT2D eigenvalue weighted by Gasteiger charge is -2.16. The molecule has 0 aromatic heterocycles. The Bertz CT molecular complexity index is 574. The van der Waals surface area contributed by atoms with Crippen LogP contribution in [0.3, 0.4) is 0 Å². The predicted octanol–water partition coefficient (Wildman–Crippen LogP) is 4.80. The van der Waals surface area contributed by atoms with Crippen LogP contribution < -0.4 is 10.5 Å². The third-order valence-corrected chi connectivity index (χ3v) is 4.66. The SMILES string of the molecule is NCC(CCOc1cccc(Br)c1)Cc1ccccc1Br. The number of benzene rings is 2. The topological polar surface area (TPSA) is 35.2 Å². The molecule has 112 valence electrons. The fourth-order valence-corrected chi connectivity index (χ4v) is 3.00. The Morgan fingerprint density at radius 1 is 1.05 bits per heavy atom. The molecule has 4 heteroatoms. The first-order valence-corrected chi connectivity index (χ1v) is 8.59. The van der Waals surface area contributed by atoms with Crippen LogP contribution in [0.15, 0.2) is 57.5 Å². The lowest BCUT2D eigenvalue weighted by atomic mass is 9.97. The minimum atomic E-state index is 0.427. The zero-order valence-electron chi connectivity index (χ0n) is 11.8. The quantitative estimate of drug-likeness (QED) is 0.708. The van der Waals surface area contributed by atoms with Crippen molar-refractivity contribution >= 4 is 31.9 Å². The molecular formula is C17H19Br2NO. The van der Waals surface area contributed by atoms with E-state index in [1.165, 1.54) is 5.56 Å². The van der Waals surface area contributed by atoms with E-state index in [4.69, 9.17) is 10.5 Å². The summed E-state index contributed by atoms with van der Waals surface area (Å²) < 4.78 is 7.97. The highest BCUT2D eigenvalue weighted by atomic mass is 79.9. The number of halogens is 2.